The standard InChI is InChI=1S/C13H20N2/c1-3-15(4-2)13(10-11-14)12-8-6-5-7-9-12/h5-10H,3-4,11,14H2,1-2H3. The summed E-state index contributed by atoms with van der Waals surface area (Å²) in [5.74, 6) is 0. The summed E-state index contributed by atoms with van der Waals surface area (Å²) < 4.78 is 0. The first-order valence-electron chi connectivity index (χ1n) is 5.54. The van der Waals surface area contributed by atoms with Gasteiger partial charge in [0.15, 0.2) is 0 Å². The SMILES string of the molecule is CCN(CC)C(=CCN)c1ccccc1. The van der Waals surface area contributed by atoms with Crippen LogP contribution in [0.5, 0.6) is 0 Å². The van der Waals surface area contributed by atoms with E-state index < -0.39 is 0 Å². The third-order valence-corrected chi connectivity index (χ3v) is 2.48. The number of rotatable bonds is 5. The topological polar surface area (TPSA) is 29.3 Å². The quantitative estimate of drug-likeness (QED) is 0.797. The first kappa shape index (κ1) is 11.8. The molecule has 0 fully saturated rings. The van der Waals surface area contributed by atoms with E-state index >= 15 is 0 Å². The van der Waals surface area contributed by atoms with Gasteiger partial charge in [-0.2, -0.15) is 0 Å². The van der Waals surface area contributed by atoms with Gasteiger partial charge in [0.25, 0.3) is 0 Å². The van der Waals surface area contributed by atoms with Crippen molar-refractivity contribution in [3.8, 4) is 0 Å². The Bertz CT molecular complexity index is 300. The molecule has 1 aromatic rings. The van der Waals surface area contributed by atoms with Gasteiger partial charge in [-0.05, 0) is 25.5 Å². The zero-order valence-corrected chi connectivity index (χ0v) is 9.61. The van der Waals surface area contributed by atoms with E-state index in [2.05, 4.69) is 49.1 Å². The molecule has 0 heterocycles. The van der Waals surface area contributed by atoms with Crippen molar-refractivity contribution >= 4 is 5.70 Å². The molecule has 0 aliphatic heterocycles. The van der Waals surface area contributed by atoms with Crippen LogP contribution in [0.1, 0.15) is 19.4 Å². The van der Waals surface area contributed by atoms with Crippen LogP contribution < -0.4 is 5.73 Å². The lowest BCUT2D eigenvalue weighted by Gasteiger charge is -2.24. The molecule has 0 saturated carbocycles. The second kappa shape index (κ2) is 6.25. The number of nitrogens with zero attached hydrogens (tertiary/aromatic N) is 1. The van der Waals surface area contributed by atoms with Crippen molar-refractivity contribution < 1.29 is 0 Å². The molecule has 0 unspecified atom stereocenters. The highest BCUT2D eigenvalue weighted by Gasteiger charge is 2.06. The Morgan fingerprint density at radius 3 is 2.27 bits per heavy atom. The Morgan fingerprint density at radius 1 is 1.20 bits per heavy atom. The molecule has 82 valence electrons. The Morgan fingerprint density at radius 2 is 1.80 bits per heavy atom. The van der Waals surface area contributed by atoms with Gasteiger partial charge in [-0.3, -0.25) is 0 Å². The largest absolute Gasteiger partial charge is 0.372 e. The van der Waals surface area contributed by atoms with Crippen molar-refractivity contribution in [3.63, 3.8) is 0 Å². The first-order chi connectivity index (χ1) is 7.33. The first-order valence-corrected chi connectivity index (χ1v) is 5.54. The smallest absolute Gasteiger partial charge is 0.0411 e. The van der Waals surface area contributed by atoms with Gasteiger partial charge >= 0.3 is 0 Å². The van der Waals surface area contributed by atoms with Crippen molar-refractivity contribution in [2.45, 2.75) is 13.8 Å². The molecule has 0 amide bonds. The highest BCUT2D eigenvalue weighted by Crippen LogP contribution is 2.17. The summed E-state index contributed by atoms with van der Waals surface area (Å²) in [6, 6.07) is 10.4. The maximum Gasteiger partial charge on any atom is 0.0411 e. The number of hydrogen-bond donors (Lipinski definition) is 1. The monoisotopic (exact) mass is 204 g/mol. The fourth-order valence-electron chi connectivity index (χ4n) is 1.71. The zero-order chi connectivity index (χ0) is 11.1. The average molecular weight is 204 g/mol. The third kappa shape index (κ3) is 3.10. The Balaban J connectivity index is 2.98. The van der Waals surface area contributed by atoms with Crippen LogP contribution in [0, 0.1) is 0 Å². The lowest BCUT2D eigenvalue weighted by Crippen LogP contribution is -2.22. The van der Waals surface area contributed by atoms with Crippen molar-refractivity contribution in [1.82, 2.24) is 4.90 Å². The van der Waals surface area contributed by atoms with E-state index in [1.165, 1.54) is 11.3 Å². The molecule has 0 aromatic heterocycles. The highest BCUT2D eigenvalue weighted by atomic mass is 15.1. The molecule has 1 aromatic carbocycles. The summed E-state index contributed by atoms with van der Waals surface area (Å²) in [7, 11) is 0. The van der Waals surface area contributed by atoms with E-state index in [-0.39, 0.29) is 0 Å². The summed E-state index contributed by atoms with van der Waals surface area (Å²) >= 11 is 0. The highest BCUT2D eigenvalue weighted by molar-refractivity contribution is 5.64. The zero-order valence-electron chi connectivity index (χ0n) is 9.61. The van der Waals surface area contributed by atoms with Gasteiger partial charge in [0.2, 0.25) is 0 Å². The molecular weight excluding hydrogens is 184 g/mol. The van der Waals surface area contributed by atoms with E-state index in [0.717, 1.165) is 13.1 Å². The lowest BCUT2D eigenvalue weighted by atomic mass is 10.1. The maximum atomic E-state index is 5.61. The van der Waals surface area contributed by atoms with Crippen molar-refractivity contribution in [1.29, 1.82) is 0 Å². The second-order valence-corrected chi connectivity index (χ2v) is 3.36. The van der Waals surface area contributed by atoms with Crippen LogP contribution in [0.25, 0.3) is 5.70 Å². The average Bonchev–Trinajstić information content (AvgIpc) is 2.30. The minimum absolute atomic E-state index is 0.584. The Hall–Kier alpha value is -1.28. The van der Waals surface area contributed by atoms with E-state index in [0.29, 0.717) is 6.54 Å². The summed E-state index contributed by atoms with van der Waals surface area (Å²) in [5, 5.41) is 0. The molecule has 0 spiro atoms. The van der Waals surface area contributed by atoms with Gasteiger partial charge in [0, 0.05) is 25.3 Å². The number of nitrogens with two attached hydrogens (primary N) is 1. The summed E-state index contributed by atoms with van der Waals surface area (Å²) in [4.78, 5) is 2.32. The van der Waals surface area contributed by atoms with Crippen molar-refractivity contribution in [3.05, 3.63) is 42.0 Å². The van der Waals surface area contributed by atoms with E-state index in [9.17, 15) is 0 Å². The molecule has 15 heavy (non-hydrogen) atoms. The fourth-order valence-corrected chi connectivity index (χ4v) is 1.71. The van der Waals surface area contributed by atoms with Gasteiger partial charge in [-0.1, -0.05) is 30.3 Å². The van der Waals surface area contributed by atoms with E-state index in [1.807, 2.05) is 6.07 Å². The number of benzene rings is 1. The van der Waals surface area contributed by atoms with Gasteiger partial charge in [-0.15, -0.1) is 0 Å². The van der Waals surface area contributed by atoms with E-state index in [4.69, 9.17) is 5.73 Å². The van der Waals surface area contributed by atoms with Gasteiger partial charge in [-0.25, -0.2) is 0 Å². The Labute approximate surface area is 92.4 Å². The second-order valence-electron chi connectivity index (χ2n) is 3.36. The molecule has 0 saturated heterocycles. The minimum Gasteiger partial charge on any atom is -0.372 e. The number of hydrogen-bond acceptors (Lipinski definition) is 2. The van der Waals surface area contributed by atoms with Crippen LogP contribution in [0.2, 0.25) is 0 Å². The molecule has 2 heteroatoms. The van der Waals surface area contributed by atoms with Crippen LogP contribution in [0.3, 0.4) is 0 Å². The van der Waals surface area contributed by atoms with Gasteiger partial charge < -0.3 is 10.6 Å². The summed E-state index contributed by atoms with van der Waals surface area (Å²) in [6.45, 7) is 6.93. The molecule has 2 N–H and O–H groups in total. The molecular formula is C13H20N2. The van der Waals surface area contributed by atoms with Crippen LogP contribution in [-0.4, -0.2) is 24.5 Å². The van der Waals surface area contributed by atoms with Crippen LogP contribution in [-0.2, 0) is 0 Å². The van der Waals surface area contributed by atoms with Crippen LogP contribution in [0.15, 0.2) is 36.4 Å². The molecule has 0 aliphatic carbocycles. The van der Waals surface area contributed by atoms with Crippen LogP contribution >= 0.6 is 0 Å². The Kier molecular flexibility index (Phi) is 4.91. The summed E-state index contributed by atoms with van der Waals surface area (Å²) in [5.41, 5.74) is 8.09. The molecule has 1 rings (SSSR count). The lowest BCUT2D eigenvalue weighted by molar-refractivity contribution is 0.441. The molecule has 0 atom stereocenters. The molecule has 2 nitrogen and oxygen atoms in total. The fraction of sp³-hybridized carbons (Fsp3) is 0.385. The van der Waals surface area contributed by atoms with Gasteiger partial charge in [0.1, 0.15) is 0 Å². The third-order valence-electron chi connectivity index (χ3n) is 2.48. The van der Waals surface area contributed by atoms with Crippen molar-refractivity contribution in [2.75, 3.05) is 19.6 Å². The molecule has 0 radical (unpaired) electrons. The predicted octanol–water partition coefficient (Wildman–Crippen LogP) is 2.33. The summed E-state index contributed by atoms with van der Waals surface area (Å²) in [6.07, 6.45) is 2.09. The van der Waals surface area contributed by atoms with Crippen molar-refractivity contribution in [2.24, 2.45) is 5.73 Å². The normalized spacial score (nSPS) is 11.5. The molecule has 0 aliphatic rings. The predicted molar refractivity (Wildman–Crippen MR) is 66.4 cm³/mol. The van der Waals surface area contributed by atoms with Gasteiger partial charge in [0.05, 0.1) is 0 Å². The maximum absolute atomic E-state index is 5.61. The minimum atomic E-state index is 0.584. The molecule has 0 bridgehead atoms. The van der Waals surface area contributed by atoms with Crippen LogP contribution in [0.4, 0.5) is 0 Å². The van der Waals surface area contributed by atoms with E-state index in [1.54, 1.807) is 0 Å².